The number of nitrogens with zero attached hydrogens (tertiary/aromatic N) is 1. The predicted octanol–water partition coefficient (Wildman–Crippen LogP) is 1.83. The molecule has 0 aliphatic heterocycles. The molecule has 1 unspecified atom stereocenters. The molecule has 0 amide bonds. The molecule has 1 atom stereocenters. The van der Waals surface area contributed by atoms with Crippen molar-refractivity contribution in [3.63, 3.8) is 0 Å². The molecule has 3 nitrogen and oxygen atoms in total. The first-order chi connectivity index (χ1) is 6.75. The van der Waals surface area contributed by atoms with E-state index in [-0.39, 0.29) is 0 Å². The molecule has 1 heterocycles. The number of Topliss-reactive ketones (excluding diaryl/α,β-unsaturated/α-hetero) is 1. The second-order valence-corrected chi connectivity index (χ2v) is 3.98. The molecule has 0 spiro atoms. The van der Waals surface area contributed by atoms with Crippen molar-refractivity contribution < 1.29 is 9.21 Å². The highest BCUT2D eigenvalue weighted by molar-refractivity contribution is 5.81. The fraction of sp³-hybridized carbons (Fsp3) is 0.545. The SMILES string of the molecule is CN(Cc1ccoc1)C1CCC(=O)C1. The molecule has 14 heavy (non-hydrogen) atoms. The van der Waals surface area contributed by atoms with Crippen molar-refractivity contribution in [3.05, 3.63) is 24.2 Å². The van der Waals surface area contributed by atoms with Crippen molar-refractivity contribution in [1.82, 2.24) is 4.90 Å². The molecule has 1 saturated carbocycles. The van der Waals surface area contributed by atoms with E-state index in [9.17, 15) is 4.79 Å². The largest absolute Gasteiger partial charge is 0.472 e. The summed E-state index contributed by atoms with van der Waals surface area (Å²) in [6.07, 6.45) is 5.91. The Hall–Kier alpha value is -1.09. The Balaban J connectivity index is 1.89. The van der Waals surface area contributed by atoms with Gasteiger partial charge in [0.25, 0.3) is 0 Å². The molecule has 2 rings (SSSR count). The summed E-state index contributed by atoms with van der Waals surface area (Å²) < 4.78 is 5.01. The second-order valence-electron chi connectivity index (χ2n) is 3.98. The van der Waals surface area contributed by atoms with Crippen molar-refractivity contribution >= 4 is 5.78 Å². The van der Waals surface area contributed by atoms with Crippen molar-refractivity contribution in [2.75, 3.05) is 7.05 Å². The van der Waals surface area contributed by atoms with Crippen LogP contribution in [0.5, 0.6) is 0 Å². The summed E-state index contributed by atoms with van der Waals surface area (Å²) in [5.74, 6) is 0.397. The lowest BCUT2D eigenvalue weighted by atomic mass is 10.2. The molecule has 1 aliphatic rings. The third kappa shape index (κ3) is 2.04. The lowest BCUT2D eigenvalue weighted by Gasteiger charge is -2.22. The van der Waals surface area contributed by atoms with Crippen LogP contribution in [0, 0.1) is 0 Å². The van der Waals surface area contributed by atoms with Gasteiger partial charge in [0.05, 0.1) is 12.5 Å². The number of furan rings is 1. The standard InChI is InChI=1S/C11H15NO2/c1-12(7-9-4-5-14-8-9)10-2-3-11(13)6-10/h4-5,8,10H,2-3,6-7H2,1H3. The zero-order valence-corrected chi connectivity index (χ0v) is 8.40. The van der Waals surface area contributed by atoms with Crippen LogP contribution in [-0.4, -0.2) is 23.8 Å². The van der Waals surface area contributed by atoms with E-state index in [1.165, 1.54) is 5.56 Å². The zero-order valence-electron chi connectivity index (χ0n) is 8.40. The molecule has 76 valence electrons. The summed E-state index contributed by atoms with van der Waals surface area (Å²) >= 11 is 0. The smallest absolute Gasteiger partial charge is 0.134 e. The second kappa shape index (κ2) is 3.96. The van der Waals surface area contributed by atoms with E-state index < -0.39 is 0 Å². The van der Waals surface area contributed by atoms with Crippen molar-refractivity contribution in [2.24, 2.45) is 0 Å². The van der Waals surface area contributed by atoms with E-state index >= 15 is 0 Å². The normalized spacial score (nSPS) is 22.1. The first kappa shape index (κ1) is 9.46. The summed E-state index contributed by atoms with van der Waals surface area (Å²) in [5, 5.41) is 0. The average molecular weight is 193 g/mol. The Morgan fingerprint density at radius 2 is 2.50 bits per heavy atom. The minimum atomic E-state index is 0.397. The van der Waals surface area contributed by atoms with E-state index in [1.807, 2.05) is 6.07 Å². The Bertz CT molecular complexity index is 305. The van der Waals surface area contributed by atoms with Gasteiger partial charge in [0, 0.05) is 31.0 Å². The Morgan fingerprint density at radius 1 is 1.64 bits per heavy atom. The highest BCUT2D eigenvalue weighted by Gasteiger charge is 2.25. The Kier molecular flexibility index (Phi) is 2.68. The molecule has 0 saturated heterocycles. The van der Waals surface area contributed by atoms with Gasteiger partial charge in [-0.25, -0.2) is 0 Å². The van der Waals surface area contributed by atoms with Crippen LogP contribution in [0.4, 0.5) is 0 Å². The van der Waals surface area contributed by atoms with Crippen LogP contribution in [0.15, 0.2) is 23.0 Å². The van der Waals surface area contributed by atoms with Gasteiger partial charge in [-0.1, -0.05) is 0 Å². The highest BCUT2D eigenvalue weighted by Crippen LogP contribution is 2.21. The average Bonchev–Trinajstić information content (AvgIpc) is 2.75. The van der Waals surface area contributed by atoms with E-state index in [2.05, 4.69) is 11.9 Å². The number of ketones is 1. The third-order valence-corrected chi connectivity index (χ3v) is 2.86. The summed E-state index contributed by atoms with van der Waals surface area (Å²) in [6.45, 7) is 0.869. The predicted molar refractivity (Wildman–Crippen MR) is 52.8 cm³/mol. The number of rotatable bonds is 3. The van der Waals surface area contributed by atoms with Gasteiger partial charge in [-0.05, 0) is 19.5 Å². The summed E-state index contributed by atoms with van der Waals surface area (Å²) in [5.41, 5.74) is 1.17. The molecule has 1 aliphatic carbocycles. The fourth-order valence-corrected chi connectivity index (χ4v) is 1.97. The van der Waals surface area contributed by atoms with Gasteiger partial charge >= 0.3 is 0 Å². The van der Waals surface area contributed by atoms with E-state index in [1.54, 1.807) is 12.5 Å². The topological polar surface area (TPSA) is 33.5 Å². The highest BCUT2D eigenvalue weighted by atomic mass is 16.3. The van der Waals surface area contributed by atoms with Crippen molar-refractivity contribution in [1.29, 1.82) is 0 Å². The van der Waals surface area contributed by atoms with Crippen molar-refractivity contribution in [2.45, 2.75) is 31.8 Å². The molecule has 0 bridgehead atoms. The quantitative estimate of drug-likeness (QED) is 0.734. The number of hydrogen-bond donors (Lipinski definition) is 0. The lowest BCUT2D eigenvalue weighted by Crippen LogP contribution is -2.28. The van der Waals surface area contributed by atoms with Crippen LogP contribution in [0.1, 0.15) is 24.8 Å². The van der Waals surface area contributed by atoms with E-state index in [4.69, 9.17) is 4.42 Å². The molecule has 3 heteroatoms. The molecular formula is C11H15NO2. The summed E-state index contributed by atoms with van der Waals surface area (Å²) in [4.78, 5) is 13.3. The van der Waals surface area contributed by atoms with Crippen LogP contribution < -0.4 is 0 Å². The number of carbonyl (C=O) groups is 1. The van der Waals surface area contributed by atoms with Crippen LogP contribution in [0.3, 0.4) is 0 Å². The van der Waals surface area contributed by atoms with Crippen molar-refractivity contribution in [3.8, 4) is 0 Å². The maximum Gasteiger partial charge on any atom is 0.134 e. The molecule has 0 N–H and O–H groups in total. The van der Waals surface area contributed by atoms with E-state index in [0.29, 0.717) is 18.2 Å². The molecule has 0 aromatic carbocycles. The molecular weight excluding hydrogens is 178 g/mol. The molecule has 1 fully saturated rings. The Morgan fingerprint density at radius 3 is 3.07 bits per heavy atom. The molecule has 1 aromatic heterocycles. The zero-order chi connectivity index (χ0) is 9.97. The fourth-order valence-electron chi connectivity index (χ4n) is 1.97. The van der Waals surface area contributed by atoms with Crippen LogP contribution in [0.25, 0.3) is 0 Å². The monoisotopic (exact) mass is 193 g/mol. The Labute approximate surface area is 83.7 Å². The van der Waals surface area contributed by atoms with Gasteiger partial charge in [-0.3, -0.25) is 9.69 Å². The van der Waals surface area contributed by atoms with Gasteiger partial charge in [-0.15, -0.1) is 0 Å². The minimum Gasteiger partial charge on any atom is -0.472 e. The first-order valence-corrected chi connectivity index (χ1v) is 4.99. The van der Waals surface area contributed by atoms with E-state index in [0.717, 1.165) is 19.4 Å². The van der Waals surface area contributed by atoms with Crippen LogP contribution in [0.2, 0.25) is 0 Å². The molecule has 1 aromatic rings. The molecule has 0 radical (unpaired) electrons. The third-order valence-electron chi connectivity index (χ3n) is 2.86. The van der Waals surface area contributed by atoms with Gasteiger partial charge in [0.2, 0.25) is 0 Å². The van der Waals surface area contributed by atoms with Gasteiger partial charge < -0.3 is 4.42 Å². The summed E-state index contributed by atoms with van der Waals surface area (Å²) in [7, 11) is 2.07. The number of hydrogen-bond acceptors (Lipinski definition) is 3. The number of carbonyl (C=O) groups excluding carboxylic acids is 1. The summed E-state index contributed by atoms with van der Waals surface area (Å²) in [6, 6.07) is 2.39. The maximum absolute atomic E-state index is 11.1. The van der Waals surface area contributed by atoms with Gasteiger partial charge in [-0.2, -0.15) is 0 Å². The van der Waals surface area contributed by atoms with Crippen LogP contribution >= 0.6 is 0 Å². The maximum atomic E-state index is 11.1. The van der Waals surface area contributed by atoms with Gasteiger partial charge in [0.15, 0.2) is 0 Å². The first-order valence-electron chi connectivity index (χ1n) is 4.99. The van der Waals surface area contributed by atoms with Gasteiger partial charge in [0.1, 0.15) is 5.78 Å². The minimum absolute atomic E-state index is 0.397. The van der Waals surface area contributed by atoms with Crippen LogP contribution in [-0.2, 0) is 11.3 Å². The lowest BCUT2D eigenvalue weighted by molar-refractivity contribution is -0.117.